The van der Waals surface area contributed by atoms with Crippen molar-refractivity contribution in [3.63, 3.8) is 0 Å². The molecule has 3 rings (SSSR count). The van der Waals surface area contributed by atoms with Crippen LogP contribution in [-0.4, -0.2) is 30.5 Å². The number of amides is 1. The van der Waals surface area contributed by atoms with E-state index in [1.165, 1.54) is 29.7 Å². The molecule has 2 aromatic rings. The van der Waals surface area contributed by atoms with Crippen LogP contribution in [0.25, 0.3) is 0 Å². The van der Waals surface area contributed by atoms with Gasteiger partial charge in [-0.2, -0.15) is 0 Å². The highest BCUT2D eigenvalue weighted by atomic mass is 35.5. The first-order valence-electron chi connectivity index (χ1n) is 8.79. The molecule has 1 aromatic heterocycles. The summed E-state index contributed by atoms with van der Waals surface area (Å²) in [6.07, 6.45) is 2.71. The van der Waals surface area contributed by atoms with E-state index in [1.54, 1.807) is 0 Å². The first-order valence-corrected chi connectivity index (χ1v) is 9.67. The number of carbonyl (C=O) groups is 1. The summed E-state index contributed by atoms with van der Waals surface area (Å²) in [5, 5.41) is 9.22. The van der Waals surface area contributed by atoms with Gasteiger partial charge in [0.1, 0.15) is 17.4 Å². The van der Waals surface area contributed by atoms with E-state index in [0.29, 0.717) is 18.9 Å². The van der Waals surface area contributed by atoms with Crippen LogP contribution in [0.2, 0.25) is 0 Å². The van der Waals surface area contributed by atoms with Crippen LogP contribution in [-0.2, 0) is 17.8 Å². The lowest BCUT2D eigenvalue weighted by atomic mass is 10.00. The molecule has 0 spiro atoms. The van der Waals surface area contributed by atoms with Crippen molar-refractivity contribution in [2.24, 2.45) is 5.92 Å². The van der Waals surface area contributed by atoms with E-state index in [1.807, 2.05) is 36.6 Å². The molecule has 0 saturated carbocycles. The highest BCUT2D eigenvalue weighted by Crippen LogP contribution is 2.16. The zero-order chi connectivity index (χ0) is 17.5. The molecule has 1 amide bonds. The second-order valence-electron chi connectivity index (χ2n) is 6.53. The molecule has 2 N–H and O–H groups in total. The molecule has 5 nitrogen and oxygen atoms in total. The molecule has 1 saturated heterocycles. The Bertz CT molecular complexity index is 689. The lowest BCUT2D eigenvalue weighted by molar-refractivity contribution is -0.120. The number of ether oxygens (including phenoxy) is 1. The standard InChI is InChI=1S/C19H25N3O2S.2ClH/c1-14-4-6-17(7-5-14)24-12-19-22-16(13-25-19)9-18(23)21-11-15-3-2-8-20-10-15;;/h4-7,13,15,20H,2-3,8-12H2,1H3,(H,21,23);2*1H. The number of halogens is 2. The number of aryl methyl sites for hydroxylation is 1. The number of rotatable bonds is 7. The maximum Gasteiger partial charge on any atom is 0.226 e. The topological polar surface area (TPSA) is 63.2 Å². The minimum Gasteiger partial charge on any atom is -0.486 e. The monoisotopic (exact) mass is 431 g/mol. The number of aromatic nitrogens is 1. The molecule has 27 heavy (non-hydrogen) atoms. The van der Waals surface area contributed by atoms with E-state index < -0.39 is 0 Å². The van der Waals surface area contributed by atoms with Gasteiger partial charge in [-0.05, 0) is 50.9 Å². The number of nitrogens with one attached hydrogen (secondary N) is 2. The van der Waals surface area contributed by atoms with Crippen LogP contribution in [0.15, 0.2) is 29.6 Å². The fraction of sp³-hybridized carbons (Fsp3) is 0.474. The lowest BCUT2D eigenvalue weighted by Gasteiger charge is -2.22. The van der Waals surface area contributed by atoms with Gasteiger partial charge in [0, 0.05) is 11.9 Å². The quantitative estimate of drug-likeness (QED) is 0.703. The summed E-state index contributed by atoms with van der Waals surface area (Å²) < 4.78 is 5.73. The molecular weight excluding hydrogens is 405 g/mol. The highest BCUT2D eigenvalue weighted by molar-refractivity contribution is 7.09. The molecule has 8 heteroatoms. The van der Waals surface area contributed by atoms with Gasteiger partial charge in [0.2, 0.25) is 5.91 Å². The summed E-state index contributed by atoms with van der Waals surface area (Å²) in [6.45, 7) is 5.32. The predicted molar refractivity (Wildman–Crippen MR) is 114 cm³/mol. The fourth-order valence-electron chi connectivity index (χ4n) is 2.86. The van der Waals surface area contributed by atoms with Gasteiger partial charge in [-0.15, -0.1) is 36.2 Å². The maximum atomic E-state index is 12.1. The Balaban J connectivity index is 0.00000182. The number of piperidine rings is 1. The molecule has 1 atom stereocenters. The Morgan fingerprint density at radius 2 is 2.11 bits per heavy atom. The van der Waals surface area contributed by atoms with Crippen molar-refractivity contribution in [3.8, 4) is 5.75 Å². The zero-order valence-corrected chi connectivity index (χ0v) is 17.9. The average Bonchev–Trinajstić information content (AvgIpc) is 3.08. The third-order valence-electron chi connectivity index (χ3n) is 4.31. The minimum absolute atomic E-state index is 0. The number of hydrogen-bond donors (Lipinski definition) is 2. The Kier molecular flexibility index (Phi) is 10.7. The molecule has 150 valence electrons. The van der Waals surface area contributed by atoms with Crippen molar-refractivity contribution in [2.45, 2.75) is 32.8 Å². The van der Waals surface area contributed by atoms with Gasteiger partial charge in [-0.1, -0.05) is 17.7 Å². The van der Waals surface area contributed by atoms with Crippen molar-refractivity contribution in [3.05, 3.63) is 45.9 Å². The summed E-state index contributed by atoms with van der Waals surface area (Å²) in [6, 6.07) is 7.96. The fourth-order valence-corrected chi connectivity index (χ4v) is 3.56. The van der Waals surface area contributed by atoms with Crippen LogP contribution < -0.4 is 15.4 Å². The molecule has 0 aliphatic carbocycles. The number of nitrogens with zero attached hydrogens (tertiary/aromatic N) is 1. The van der Waals surface area contributed by atoms with Crippen LogP contribution in [0, 0.1) is 12.8 Å². The Morgan fingerprint density at radius 3 is 2.81 bits per heavy atom. The Morgan fingerprint density at radius 1 is 1.33 bits per heavy atom. The molecule has 0 bridgehead atoms. The largest absolute Gasteiger partial charge is 0.486 e. The Hall–Kier alpha value is -1.34. The van der Waals surface area contributed by atoms with E-state index in [-0.39, 0.29) is 30.7 Å². The molecular formula is C19H27Cl2N3O2S. The van der Waals surface area contributed by atoms with Gasteiger partial charge in [0.25, 0.3) is 0 Å². The van der Waals surface area contributed by atoms with Crippen molar-refractivity contribution >= 4 is 42.1 Å². The zero-order valence-electron chi connectivity index (χ0n) is 15.4. The molecule has 1 aliphatic heterocycles. The van der Waals surface area contributed by atoms with Gasteiger partial charge in [0.15, 0.2) is 0 Å². The second kappa shape index (κ2) is 12.2. The van der Waals surface area contributed by atoms with Gasteiger partial charge in [-0.3, -0.25) is 4.79 Å². The van der Waals surface area contributed by atoms with E-state index in [0.717, 1.165) is 36.1 Å². The number of hydrogen-bond acceptors (Lipinski definition) is 5. The molecule has 0 radical (unpaired) electrons. The third-order valence-corrected chi connectivity index (χ3v) is 5.18. The maximum absolute atomic E-state index is 12.1. The van der Waals surface area contributed by atoms with E-state index in [9.17, 15) is 4.79 Å². The average molecular weight is 432 g/mol. The number of carbonyl (C=O) groups excluding carboxylic acids is 1. The van der Waals surface area contributed by atoms with Crippen LogP contribution >= 0.6 is 36.2 Å². The van der Waals surface area contributed by atoms with Crippen molar-refractivity contribution in [2.75, 3.05) is 19.6 Å². The van der Waals surface area contributed by atoms with E-state index in [2.05, 4.69) is 15.6 Å². The molecule has 2 heterocycles. The van der Waals surface area contributed by atoms with Crippen molar-refractivity contribution in [1.82, 2.24) is 15.6 Å². The summed E-state index contributed by atoms with van der Waals surface area (Å²) in [7, 11) is 0. The van der Waals surface area contributed by atoms with Gasteiger partial charge >= 0.3 is 0 Å². The SMILES string of the molecule is Cc1ccc(OCc2nc(CC(=O)NCC3CCCNC3)cs2)cc1.Cl.Cl. The summed E-state index contributed by atoms with van der Waals surface area (Å²) in [4.78, 5) is 16.6. The smallest absolute Gasteiger partial charge is 0.226 e. The molecule has 1 fully saturated rings. The summed E-state index contributed by atoms with van der Waals surface area (Å²) in [5.74, 6) is 1.43. The van der Waals surface area contributed by atoms with Gasteiger partial charge in [0.05, 0.1) is 12.1 Å². The summed E-state index contributed by atoms with van der Waals surface area (Å²) in [5.41, 5.74) is 2.02. The van der Waals surface area contributed by atoms with Crippen LogP contribution in [0.5, 0.6) is 5.75 Å². The minimum atomic E-state index is 0. The molecule has 1 aromatic carbocycles. The van der Waals surface area contributed by atoms with E-state index >= 15 is 0 Å². The van der Waals surface area contributed by atoms with Crippen molar-refractivity contribution in [1.29, 1.82) is 0 Å². The second-order valence-corrected chi connectivity index (χ2v) is 7.47. The predicted octanol–water partition coefficient (Wildman–Crippen LogP) is 3.53. The first-order chi connectivity index (χ1) is 12.2. The molecule has 1 aliphatic rings. The number of thiazole rings is 1. The Labute approximate surface area is 177 Å². The first kappa shape index (κ1) is 23.7. The van der Waals surface area contributed by atoms with Crippen LogP contribution in [0.4, 0.5) is 0 Å². The highest BCUT2D eigenvalue weighted by Gasteiger charge is 2.14. The molecule has 1 unspecified atom stereocenters. The number of benzene rings is 1. The lowest BCUT2D eigenvalue weighted by Crippen LogP contribution is -2.38. The van der Waals surface area contributed by atoms with Gasteiger partial charge < -0.3 is 15.4 Å². The summed E-state index contributed by atoms with van der Waals surface area (Å²) >= 11 is 1.53. The van der Waals surface area contributed by atoms with Crippen LogP contribution in [0.1, 0.15) is 29.1 Å². The van der Waals surface area contributed by atoms with Crippen LogP contribution in [0.3, 0.4) is 0 Å². The van der Waals surface area contributed by atoms with Gasteiger partial charge in [-0.25, -0.2) is 4.98 Å². The third kappa shape index (κ3) is 8.05. The normalized spacial score (nSPS) is 16.0. The van der Waals surface area contributed by atoms with E-state index in [4.69, 9.17) is 4.74 Å². The van der Waals surface area contributed by atoms with Crippen molar-refractivity contribution < 1.29 is 9.53 Å².